The number of furan rings is 1. The molecule has 0 unspecified atom stereocenters. The van der Waals surface area contributed by atoms with E-state index in [1.165, 1.54) is 0 Å². The average Bonchev–Trinajstić information content (AvgIpc) is 3.30. The van der Waals surface area contributed by atoms with Gasteiger partial charge in [-0.3, -0.25) is 0 Å². The van der Waals surface area contributed by atoms with Crippen molar-refractivity contribution in [3.8, 4) is 5.75 Å². The van der Waals surface area contributed by atoms with Crippen LogP contribution in [0.5, 0.6) is 5.75 Å². The van der Waals surface area contributed by atoms with Gasteiger partial charge in [0.1, 0.15) is 11.5 Å². The van der Waals surface area contributed by atoms with Crippen molar-refractivity contribution in [1.29, 1.82) is 0 Å². The minimum absolute atomic E-state index is 0.199. The lowest BCUT2D eigenvalue weighted by atomic mass is 10.3. The van der Waals surface area contributed by atoms with Gasteiger partial charge in [-0.05, 0) is 53.6 Å². The predicted molar refractivity (Wildman–Crippen MR) is 98.9 cm³/mol. The lowest BCUT2D eigenvalue weighted by molar-refractivity contribution is 0.201. The van der Waals surface area contributed by atoms with Crippen LogP contribution in [0.15, 0.2) is 63.9 Å². The van der Waals surface area contributed by atoms with Crippen molar-refractivity contribution in [2.45, 2.75) is 20.0 Å². The van der Waals surface area contributed by atoms with E-state index in [0.29, 0.717) is 31.1 Å². The topological polar surface area (TPSA) is 54.7 Å². The minimum Gasteiger partial charge on any atom is -0.492 e. The minimum atomic E-state index is -0.199. The summed E-state index contributed by atoms with van der Waals surface area (Å²) in [4.78, 5) is 14.6. The first-order chi connectivity index (χ1) is 12.3. The zero-order chi connectivity index (χ0) is 17.5. The summed E-state index contributed by atoms with van der Waals surface area (Å²) in [6.07, 6.45) is 1.61. The average molecular weight is 356 g/mol. The smallest absolute Gasteiger partial charge is 0.322 e. The summed E-state index contributed by atoms with van der Waals surface area (Å²) in [5.41, 5.74) is 1.74. The van der Waals surface area contributed by atoms with Gasteiger partial charge in [-0.1, -0.05) is 12.1 Å². The Labute approximate surface area is 150 Å². The third kappa shape index (κ3) is 4.64. The number of para-hydroxylation sites is 2. The van der Waals surface area contributed by atoms with E-state index in [2.05, 4.69) is 5.32 Å². The predicted octanol–water partition coefficient (Wildman–Crippen LogP) is 4.97. The molecule has 25 heavy (non-hydrogen) atoms. The number of rotatable bonds is 7. The van der Waals surface area contributed by atoms with Crippen molar-refractivity contribution in [1.82, 2.24) is 4.90 Å². The molecular weight excluding hydrogens is 336 g/mol. The van der Waals surface area contributed by atoms with E-state index in [-0.39, 0.29) is 6.03 Å². The van der Waals surface area contributed by atoms with Gasteiger partial charge < -0.3 is 19.4 Å². The molecular formula is C19H20N2O3S. The number of anilines is 1. The summed E-state index contributed by atoms with van der Waals surface area (Å²) in [7, 11) is 0. The monoisotopic (exact) mass is 356 g/mol. The highest BCUT2D eigenvalue weighted by Gasteiger charge is 2.18. The molecule has 0 fully saturated rings. The van der Waals surface area contributed by atoms with Crippen molar-refractivity contribution < 1.29 is 13.9 Å². The Bertz CT molecular complexity index is 749. The maximum absolute atomic E-state index is 12.8. The molecule has 6 heteroatoms. The van der Waals surface area contributed by atoms with Crippen LogP contribution >= 0.6 is 11.3 Å². The van der Waals surface area contributed by atoms with Crippen LogP contribution in [0.3, 0.4) is 0 Å². The molecule has 3 aromatic rings. The molecule has 0 bridgehead atoms. The number of carbonyl (C=O) groups excluding carboxylic acids is 1. The summed E-state index contributed by atoms with van der Waals surface area (Å²) in [5.74, 6) is 1.40. The standard InChI is InChI=1S/C19H20N2O3S/c1-2-23-18-8-4-3-7-17(18)20-19(22)21(12-15-9-11-25-14-15)13-16-6-5-10-24-16/h3-11,14H,2,12-13H2,1H3,(H,20,22). The Morgan fingerprint density at radius 2 is 2.08 bits per heavy atom. The number of thiophene rings is 1. The largest absolute Gasteiger partial charge is 0.492 e. The molecule has 0 aliphatic heterocycles. The van der Waals surface area contributed by atoms with Gasteiger partial charge in [0.2, 0.25) is 0 Å². The lowest BCUT2D eigenvalue weighted by Gasteiger charge is -2.22. The van der Waals surface area contributed by atoms with Gasteiger partial charge in [0.05, 0.1) is 25.1 Å². The molecule has 2 aromatic heterocycles. The quantitative estimate of drug-likeness (QED) is 0.650. The number of amides is 2. The van der Waals surface area contributed by atoms with Crippen LogP contribution in [0.1, 0.15) is 18.2 Å². The molecule has 0 saturated carbocycles. The number of ether oxygens (including phenoxy) is 1. The number of nitrogens with zero attached hydrogens (tertiary/aromatic N) is 1. The first-order valence-electron chi connectivity index (χ1n) is 8.07. The third-order valence-corrected chi connectivity index (χ3v) is 4.33. The summed E-state index contributed by atoms with van der Waals surface area (Å²) in [6, 6.07) is 12.9. The van der Waals surface area contributed by atoms with Crippen molar-refractivity contribution in [3.63, 3.8) is 0 Å². The number of benzene rings is 1. The van der Waals surface area contributed by atoms with Crippen molar-refractivity contribution >= 4 is 23.1 Å². The van der Waals surface area contributed by atoms with Crippen LogP contribution in [-0.2, 0) is 13.1 Å². The molecule has 2 heterocycles. The van der Waals surface area contributed by atoms with Gasteiger partial charge in [0, 0.05) is 6.54 Å². The van der Waals surface area contributed by atoms with Crippen LogP contribution in [0.4, 0.5) is 10.5 Å². The van der Waals surface area contributed by atoms with Crippen LogP contribution < -0.4 is 10.1 Å². The van der Waals surface area contributed by atoms with Crippen LogP contribution in [0, 0.1) is 0 Å². The van der Waals surface area contributed by atoms with E-state index in [4.69, 9.17) is 9.15 Å². The zero-order valence-corrected chi connectivity index (χ0v) is 14.8. The molecule has 5 nitrogen and oxygen atoms in total. The van der Waals surface area contributed by atoms with Crippen molar-refractivity contribution in [3.05, 3.63) is 70.8 Å². The van der Waals surface area contributed by atoms with Crippen molar-refractivity contribution in [2.75, 3.05) is 11.9 Å². The van der Waals surface area contributed by atoms with Gasteiger partial charge in [-0.25, -0.2) is 4.79 Å². The van der Waals surface area contributed by atoms with E-state index in [0.717, 1.165) is 11.3 Å². The van der Waals surface area contributed by atoms with E-state index < -0.39 is 0 Å². The lowest BCUT2D eigenvalue weighted by Crippen LogP contribution is -2.34. The normalized spacial score (nSPS) is 10.4. The Hall–Kier alpha value is -2.73. The number of carbonyl (C=O) groups is 1. The molecule has 130 valence electrons. The fourth-order valence-electron chi connectivity index (χ4n) is 2.44. The fraction of sp³-hybridized carbons (Fsp3) is 0.211. The second-order valence-electron chi connectivity index (χ2n) is 5.43. The van der Waals surface area contributed by atoms with E-state index in [9.17, 15) is 4.79 Å². The Balaban J connectivity index is 1.76. The van der Waals surface area contributed by atoms with Gasteiger partial charge in [-0.2, -0.15) is 11.3 Å². The van der Waals surface area contributed by atoms with E-state index >= 15 is 0 Å². The van der Waals surface area contributed by atoms with Crippen LogP contribution in [0.2, 0.25) is 0 Å². The second kappa shape index (κ2) is 8.39. The molecule has 0 spiro atoms. The first-order valence-corrected chi connectivity index (χ1v) is 9.01. The maximum Gasteiger partial charge on any atom is 0.322 e. The van der Waals surface area contributed by atoms with E-state index in [1.54, 1.807) is 22.5 Å². The molecule has 3 rings (SSSR count). The molecule has 1 N–H and O–H groups in total. The molecule has 2 amide bonds. The highest BCUT2D eigenvalue weighted by molar-refractivity contribution is 7.07. The third-order valence-electron chi connectivity index (χ3n) is 3.60. The molecule has 0 atom stereocenters. The maximum atomic E-state index is 12.8. The molecule has 0 radical (unpaired) electrons. The van der Waals surface area contributed by atoms with Gasteiger partial charge in [0.25, 0.3) is 0 Å². The molecule has 0 aliphatic carbocycles. The molecule has 0 saturated heterocycles. The number of hydrogen-bond donors (Lipinski definition) is 1. The summed E-state index contributed by atoms with van der Waals surface area (Å²) >= 11 is 1.61. The second-order valence-corrected chi connectivity index (χ2v) is 6.21. The van der Waals surface area contributed by atoms with Gasteiger partial charge in [-0.15, -0.1) is 0 Å². The number of nitrogens with one attached hydrogen (secondary N) is 1. The van der Waals surface area contributed by atoms with Gasteiger partial charge >= 0.3 is 6.03 Å². The van der Waals surface area contributed by atoms with Crippen LogP contribution in [0.25, 0.3) is 0 Å². The Kier molecular flexibility index (Phi) is 5.74. The first kappa shape index (κ1) is 17.1. The number of urea groups is 1. The van der Waals surface area contributed by atoms with E-state index in [1.807, 2.05) is 60.1 Å². The Morgan fingerprint density at radius 1 is 1.20 bits per heavy atom. The summed E-state index contributed by atoms with van der Waals surface area (Å²) < 4.78 is 11.0. The highest BCUT2D eigenvalue weighted by Crippen LogP contribution is 2.24. The fourth-order valence-corrected chi connectivity index (χ4v) is 3.10. The summed E-state index contributed by atoms with van der Waals surface area (Å²) in [5, 5.41) is 6.98. The van der Waals surface area contributed by atoms with Crippen LogP contribution in [-0.4, -0.2) is 17.5 Å². The SMILES string of the molecule is CCOc1ccccc1NC(=O)N(Cc1ccsc1)Cc1ccco1. The van der Waals surface area contributed by atoms with Crippen molar-refractivity contribution in [2.24, 2.45) is 0 Å². The van der Waals surface area contributed by atoms with Gasteiger partial charge in [0.15, 0.2) is 0 Å². The zero-order valence-electron chi connectivity index (χ0n) is 14.0. The highest BCUT2D eigenvalue weighted by atomic mass is 32.1. The molecule has 0 aliphatic rings. The summed E-state index contributed by atoms with van der Waals surface area (Å²) in [6.45, 7) is 3.36. The number of hydrogen-bond acceptors (Lipinski definition) is 4. The Morgan fingerprint density at radius 3 is 2.80 bits per heavy atom. The molecule has 1 aromatic carbocycles.